The molecule has 2 nitrogen and oxygen atoms in total. The molecular weight excluding hydrogens is 224 g/mol. The molecule has 4 atom stereocenters. The maximum atomic E-state index is 10.2. The normalized spacial score (nSPS) is 38.7. The predicted octanol–water partition coefficient (Wildman–Crippen LogP) is 3.77. The van der Waals surface area contributed by atoms with Gasteiger partial charge in [0.05, 0.1) is 12.2 Å². The maximum absolute atomic E-state index is 10.2. The molecule has 106 valence electrons. The molecule has 0 aromatic heterocycles. The van der Waals surface area contributed by atoms with E-state index in [1.54, 1.807) is 0 Å². The summed E-state index contributed by atoms with van der Waals surface area (Å²) in [5, 5.41) is 10.2. The highest BCUT2D eigenvalue weighted by molar-refractivity contribution is 4.87. The molecule has 1 N–H and O–H groups in total. The number of aliphatic hydroxyl groups excluding tert-OH is 1. The molecule has 1 aliphatic heterocycles. The van der Waals surface area contributed by atoms with Gasteiger partial charge in [-0.2, -0.15) is 0 Å². The Kier molecular flexibility index (Phi) is 4.71. The largest absolute Gasteiger partial charge is 0.393 e. The van der Waals surface area contributed by atoms with E-state index in [2.05, 4.69) is 20.8 Å². The summed E-state index contributed by atoms with van der Waals surface area (Å²) in [7, 11) is 0. The van der Waals surface area contributed by atoms with Crippen LogP contribution < -0.4 is 0 Å². The fourth-order valence-corrected chi connectivity index (χ4v) is 3.62. The topological polar surface area (TPSA) is 29.5 Å². The van der Waals surface area contributed by atoms with E-state index >= 15 is 0 Å². The Morgan fingerprint density at radius 2 is 1.89 bits per heavy atom. The van der Waals surface area contributed by atoms with E-state index in [9.17, 15) is 5.11 Å². The lowest BCUT2D eigenvalue weighted by molar-refractivity contribution is -0.0406. The highest BCUT2D eigenvalue weighted by Crippen LogP contribution is 2.42. The first-order chi connectivity index (χ1) is 8.47. The fraction of sp³-hybridized carbons (Fsp3) is 1.00. The number of rotatable bonds is 2. The van der Waals surface area contributed by atoms with Crippen LogP contribution in [0.15, 0.2) is 0 Å². The molecule has 0 spiro atoms. The average molecular weight is 254 g/mol. The van der Waals surface area contributed by atoms with Crippen LogP contribution in [0, 0.1) is 17.3 Å². The van der Waals surface area contributed by atoms with Crippen LogP contribution in [0.5, 0.6) is 0 Å². The minimum absolute atomic E-state index is 0.0888. The van der Waals surface area contributed by atoms with Crippen LogP contribution in [-0.4, -0.2) is 23.9 Å². The van der Waals surface area contributed by atoms with Gasteiger partial charge in [-0.1, -0.05) is 20.8 Å². The summed E-state index contributed by atoms with van der Waals surface area (Å²) in [6.07, 6.45) is 8.48. The van der Waals surface area contributed by atoms with E-state index in [-0.39, 0.29) is 6.10 Å². The minimum Gasteiger partial charge on any atom is -0.393 e. The van der Waals surface area contributed by atoms with Crippen molar-refractivity contribution in [2.75, 3.05) is 6.61 Å². The molecule has 0 amide bonds. The summed E-state index contributed by atoms with van der Waals surface area (Å²) in [4.78, 5) is 0. The molecule has 0 radical (unpaired) electrons. The summed E-state index contributed by atoms with van der Waals surface area (Å²) in [6.45, 7) is 7.94. The Balaban J connectivity index is 1.88. The van der Waals surface area contributed by atoms with Crippen LogP contribution in [-0.2, 0) is 4.74 Å². The van der Waals surface area contributed by atoms with Gasteiger partial charge in [0.2, 0.25) is 0 Å². The third kappa shape index (κ3) is 3.71. The van der Waals surface area contributed by atoms with E-state index in [1.165, 1.54) is 32.1 Å². The van der Waals surface area contributed by atoms with Crippen LogP contribution in [0.25, 0.3) is 0 Å². The zero-order valence-corrected chi connectivity index (χ0v) is 12.3. The van der Waals surface area contributed by atoms with E-state index < -0.39 is 0 Å². The highest BCUT2D eigenvalue weighted by atomic mass is 16.5. The van der Waals surface area contributed by atoms with E-state index in [0.29, 0.717) is 17.4 Å². The first kappa shape index (κ1) is 14.3. The molecule has 1 saturated heterocycles. The molecule has 2 rings (SSSR count). The summed E-state index contributed by atoms with van der Waals surface area (Å²) in [6, 6.07) is 0. The van der Waals surface area contributed by atoms with Gasteiger partial charge in [-0.3, -0.25) is 0 Å². The Morgan fingerprint density at radius 1 is 1.11 bits per heavy atom. The molecule has 2 aliphatic rings. The lowest BCUT2D eigenvalue weighted by Crippen LogP contribution is -2.37. The van der Waals surface area contributed by atoms with Crippen molar-refractivity contribution in [3.63, 3.8) is 0 Å². The first-order valence-electron chi connectivity index (χ1n) is 7.76. The predicted molar refractivity (Wildman–Crippen MR) is 74.5 cm³/mol. The number of ether oxygens (including phenoxy) is 1. The average Bonchev–Trinajstić information content (AvgIpc) is 2.32. The zero-order valence-electron chi connectivity index (χ0n) is 12.3. The van der Waals surface area contributed by atoms with Crippen molar-refractivity contribution in [2.45, 2.75) is 77.9 Å². The molecule has 0 bridgehead atoms. The molecule has 18 heavy (non-hydrogen) atoms. The minimum atomic E-state index is -0.0888. The summed E-state index contributed by atoms with van der Waals surface area (Å²) in [5.41, 5.74) is 0.381. The maximum Gasteiger partial charge on any atom is 0.0578 e. The van der Waals surface area contributed by atoms with Crippen molar-refractivity contribution in [3.05, 3.63) is 0 Å². The Morgan fingerprint density at radius 3 is 2.50 bits per heavy atom. The van der Waals surface area contributed by atoms with E-state index in [0.717, 1.165) is 25.4 Å². The van der Waals surface area contributed by atoms with E-state index in [4.69, 9.17) is 4.74 Å². The van der Waals surface area contributed by atoms with Gasteiger partial charge in [0.1, 0.15) is 0 Å². The van der Waals surface area contributed by atoms with Crippen molar-refractivity contribution in [3.8, 4) is 0 Å². The van der Waals surface area contributed by atoms with Gasteiger partial charge >= 0.3 is 0 Å². The molecule has 2 heteroatoms. The van der Waals surface area contributed by atoms with Gasteiger partial charge in [0, 0.05) is 6.61 Å². The second kappa shape index (κ2) is 5.92. The van der Waals surface area contributed by atoms with Gasteiger partial charge in [0.15, 0.2) is 0 Å². The molecular formula is C16H30O2. The molecule has 4 unspecified atom stereocenters. The van der Waals surface area contributed by atoms with Gasteiger partial charge in [-0.15, -0.1) is 0 Å². The number of aliphatic hydroxyl groups is 1. The molecule has 1 heterocycles. The van der Waals surface area contributed by atoms with Crippen LogP contribution in [0.3, 0.4) is 0 Å². The van der Waals surface area contributed by atoms with Gasteiger partial charge in [-0.05, 0) is 62.2 Å². The Hall–Kier alpha value is -0.0800. The Bertz CT molecular complexity index is 250. The van der Waals surface area contributed by atoms with Gasteiger partial charge in [0.25, 0.3) is 0 Å². The lowest BCUT2D eigenvalue weighted by atomic mass is 9.67. The first-order valence-corrected chi connectivity index (χ1v) is 7.76. The van der Waals surface area contributed by atoms with Gasteiger partial charge in [-0.25, -0.2) is 0 Å². The smallest absolute Gasteiger partial charge is 0.0578 e. The number of hydrogen-bond donors (Lipinski definition) is 1. The lowest BCUT2D eigenvalue weighted by Gasteiger charge is -2.41. The second-order valence-electron chi connectivity index (χ2n) is 7.43. The molecule has 1 saturated carbocycles. The SMILES string of the molecule is CC(C)(C)C1CCC(O)C(CC2CCCCO2)C1. The molecule has 0 aromatic carbocycles. The summed E-state index contributed by atoms with van der Waals surface area (Å²) in [5.74, 6) is 1.22. The summed E-state index contributed by atoms with van der Waals surface area (Å²) >= 11 is 0. The quantitative estimate of drug-likeness (QED) is 0.813. The Labute approximate surface area is 112 Å². The van der Waals surface area contributed by atoms with Crippen molar-refractivity contribution >= 4 is 0 Å². The third-order valence-corrected chi connectivity index (χ3v) is 5.01. The standard InChI is InChI=1S/C16H30O2/c1-16(2,3)13-7-8-15(17)12(10-13)11-14-6-4-5-9-18-14/h12-15,17H,4-11H2,1-3H3. The molecule has 2 fully saturated rings. The van der Waals surface area contributed by atoms with Crippen molar-refractivity contribution in [1.82, 2.24) is 0 Å². The van der Waals surface area contributed by atoms with E-state index in [1.807, 2.05) is 0 Å². The number of hydrogen-bond acceptors (Lipinski definition) is 2. The summed E-state index contributed by atoms with van der Waals surface area (Å²) < 4.78 is 5.84. The second-order valence-corrected chi connectivity index (χ2v) is 7.43. The highest BCUT2D eigenvalue weighted by Gasteiger charge is 2.36. The van der Waals surface area contributed by atoms with Crippen LogP contribution in [0.1, 0.15) is 65.7 Å². The van der Waals surface area contributed by atoms with Crippen molar-refractivity contribution in [1.29, 1.82) is 0 Å². The van der Waals surface area contributed by atoms with Crippen LogP contribution in [0.4, 0.5) is 0 Å². The zero-order chi connectivity index (χ0) is 13.2. The fourth-order valence-electron chi connectivity index (χ4n) is 3.62. The molecule has 0 aromatic rings. The van der Waals surface area contributed by atoms with Gasteiger partial charge < -0.3 is 9.84 Å². The third-order valence-electron chi connectivity index (χ3n) is 5.01. The van der Waals surface area contributed by atoms with Crippen LogP contribution >= 0.6 is 0 Å². The van der Waals surface area contributed by atoms with Crippen molar-refractivity contribution in [2.24, 2.45) is 17.3 Å². The van der Waals surface area contributed by atoms with Crippen molar-refractivity contribution < 1.29 is 9.84 Å². The molecule has 1 aliphatic carbocycles. The van der Waals surface area contributed by atoms with Crippen LogP contribution in [0.2, 0.25) is 0 Å². The monoisotopic (exact) mass is 254 g/mol.